The molecule has 3 aromatic carbocycles. The van der Waals surface area contributed by atoms with E-state index in [2.05, 4.69) is 10.6 Å². The second-order valence-electron chi connectivity index (χ2n) is 7.48. The van der Waals surface area contributed by atoms with Crippen LogP contribution in [0.15, 0.2) is 60.7 Å². The van der Waals surface area contributed by atoms with Gasteiger partial charge in [-0.05, 0) is 28.3 Å². The highest BCUT2D eigenvalue weighted by Crippen LogP contribution is 2.39. The normalized spacial score (nSPS) is 14.6. The maximum atomic E-state index is 13.1. The van der Waals surface area contributed by atoms with Crippen molar-refractivity contribution in [3.05, 3.63) is 94.0 Å². The average Bonchev–Trinajstić information content (AvgIpc) is 3.34. The Balaban J connectivity index is 1.52. The van der Waals surface area contributed by atoms with Crippen molar-refractivity contribution in [1.29, 1.82) is 0 Å². The van der Waals surface area contributed by atoms with Gasteiger partial charge in [0.15, 0.2) is 11.8 Å². The second kappa shape index (κ2) is 6.93. The number of rotatable bonds is 4. The molecule has 0 fully saturated rings. The van der Waals surface area contributed by atoms with Crippen LogP contribution in [-0.2, 0) is 17.9 Å². The third-order valence-corrected chi connectivity index (χ3v) is 5.71. The molecule has 0 spiro atoms. The van der Waals surface area contributed by atoms with Gasteiger partial charge in [-0.15, -0.1) is 0 Å². The zero-order valence-corrected chi connectivity index (χ0v) is 15.9. The molecular formula is C24H18N2O4. The molecule has 30 heavy (non-hydrogen) atoms. The van der Waals surface area contributed by atoms with Crippen molar-refractivity contribution in [3.63, 3.8) is 0 Å². The van der Waals surface area contributed by atoms with E-state index in [4.69, 9.17) is 0 Å². The van der Waals surface area contributed by atoms with E-state index in [-0.39, 0.29) is 5.78 Å². The lowest BCUT2D eigenvalue weighted by atomic mass is 9.97. The second-order valence-corrected chi connectivity index (χ2v) is 7.48. The molecule has 6 heteroatoms. The smallest absolute Gasteiger partial charge is 0.330 e. The SMILES string of the molecule is O=C(NC(C(=O)O)c1ccc2c(c1)CNC2)c1cccc2c1-c1ccccc1C2=O. The summed E-state index contributed by atoms with van der Waals surface area (Å²) < 4.78 is 0. The zero-order valence-electron chi connectivity index (χ0n) is 15.9. The first-order chi connectivity index (χ1) is 14.5. The molecule has 1 unspecified atom stereocenters. The molecule has 1 aliphatic carbocycles. The van der Waals surface area contributed by atoms with E-state index in [1.54, 1.807) is 42.5 Å². The number of fused-ring (bicyclic) bond motifs is 4. The van der Waals surface area contributed by atoms with E-state index in [0.29, 0.717) is 39.9 Å². The summed E-state index contributed by atoms with van der Waals surface area (Å²) in [4.78, 5) is 37.8. The highest BCUT2D eigenvalue weighted by Gasteiger charge is 2.32. The summed E-state index contributed by atoms with van der Waals surface area (Å²) in [5.41, 5.74) is 5.23. The van der Waals surface area contributed by atoms with Crippen LogP contribution in [0, 0.1) is 0 Å². The van der Waals surface area contributed by atoms with E-state index < -0.39 is 17.9 Å². The number of nitrogens with one attached hydrogen (secondary N) is 2. The van der Waals surface area contributed by atoms with Crippen molar-refractivity contribution in [3.8, 4) is 11.1 Å². The third kappa shape index (κ3) is 2.81. The summed E-state index contributed by atoms with van der Waals surface area (Å²) in [5.74, 6) is -1.79. The quantitative estimate of drug-likeness (QED) is 0.491. The van der Waals surface area contributed by atoms with Crippen molar-refractivity contribution in [2.45, 2.75) is 19.1 Å². The molecule has 6 nitrogen and oxygen atoms in total. The molecule has 0 saturated carbocycles. The fraction of sp³-hybridized carbons (Fsp3) is 0.125. The van der Waals surface area contributed by atoms with Gasteiger partial charge in [0.1, 0.15) is 0 Å². The summed E-state index contributed by atoms with van der Waals surface area (Å²) in [6, 6.07) is 16.4. The first-order valence-corrected chi connectivity index (χ1v) is 9.68. The molecule has 0 bridgehead atoms. The Hall–Kier alpha value is -3.77. The number of hydrogen-bond acceptors (Lipinski definition) is 4. The van der Waals surface area contributed by atoms with E-state index in [0.717, 1.165) is 17.7 Å². The molecule has 0 saturated heterocycles. The Morgan fingerprint density at radius 3 is 2.43 bits per heavy atom. The number of carbonyl (C=O) groups is 3. The van der Waals surface area contributed by atoms with Gasteiger partial charge in [-0.25, -0.2) is 4.79 Å². The lowest BCUT2D eigenvalue weighted by Gasteiger charge is -2.17. The molecule has 2 aliphatic rings. The average molecular weight is 398 g/mol. The Morgan fingerprint density at radius 1 is 0.900 bits per heavy atom. The van der Waals surface area contributed by atoms with Gasteiger partial charge in [0.2, 0.25) is 0 Å². The standard InChI is InChI=1S/C24H18N2O4/c27-22-17-5-2-1-4-16(17)20-18(22)6-3-7-19(20)23(28)26-21(24(29)30)13-8-9-14-11-25-12-15(14)10-13/h1-10,21,25H,11-12H2,(H,26,28)(H,29,30). The van der Waals surface area contributed by atoms with Gasteiger partial charge < -0.3 is 15.7 Å². The molecule has 3 N–H and O–H groups in total. The topological polar surface area (TPSA) is 95.5 Å². The Kier molecular flexibility index (Phi) is 4.22. The fourth-order valence-corrected chi connectivity index (χ4v) is 4.26. The number of ketones is 1. The molecule has 148 valence electrons. The summed E-state index contributed by atoms with van der Waals surface area (Å²) in [7, 11) is 0. The highest BCUT2D eigenvalue weighted by atomic mass is 16.4. The van der Waals surface area contributed by atoms with Crippen LogP contribution in [0.5, 0.6) is 0 Å². The largest absolute Gasteiger partial charge is 0.479 e. The number of benzene rings is 3. The predicted molar refractivity (Wildman–Crippen MR) is 110 cm³/mol. The highest BCUT2D eigenvalue weighted by molar-refractivity contribution is 6.24. The zero-order chi connectivity index (χ0) is 20.8. The minimum atomic E-state index is -1.19. The van der Waals surface area contributed by atoms with Gasteiger partial charge in [-0.2, -0.15) is 0 Å². The molecule has 5 rings (SSSR count). The van der Waals surface area contributed by atoms with E-state index in [9.17, 15) is 19.5 Å². The van der Waals surface area contributed by atoms with Gasteiger partial charge in [0.25, 0.3) is 5.91 Å². The minimum absolute atomic E-state index is 0.129. The summed E-state index contributed by atoms with van der Waals surface area (Å²) in [6.07, 6.45) is 0. The van der Waals surface area contributed by atoms with Crippen LogP contribution in [0.1, 0.15) is 49.0 Å². The Morgan fingerprint density at radius 2 is 1.63 bits per heavy atom. The third-order valence-electron chi connectivity index (χ3n) is 5.71. The van der Waals surface area contributed by atoms with Crippen LogP contribution < -0.4 is 10.6 Å². The van der Waals surface area contributed by atoms with Crippen LogP contribution in [0.4, 0.5) is 0 Å². The van der Waals surface area contributed by atoms with E-state index >= 15 is 0 Å². The maximum Gasteiger partial charge on any atom is 0.330 e. The van der Waals surface area contributed by atoms with Gasteiger partial charge in [0.05, 0.1) is 0 Å². The number of carbonyl (C=O) groups excluding carboxylic acids is 2. The number of aliphatic carboxylic acids is 1. The number of amides is 1. The number of carboxylic acid groups (broad SMARTS) is 1. The van der Waals surface area contributed by atoms with Crippen molar-refractivity contribution >= 4 is 17.7 Å². The molecular weight excluding hydrogens is 380 g/mol. The predicted octanol–water partition coefficient (Wildman–Crippen LogP) is 3.06. The van der Waals surface area contributed by atoms with Crippen LogP contribution in [0.3, 0.4) is 0 Å². The van der Waals surface area contributed by atoms with Crippen molar-refractivity contribution in [1.82, 2.24) is 10.6 Å². The van der Waals surface area contributed by atoms with Crippen molar-refractivity contribution in [2.75, 3.05) is 0 Å². The van der Waals surface area contributed by atoms with Gasteiger partial charge in [-0.1, -0.05) is 54.6 Å². The molecule has 1 heterocycles. The molecule has 3 aromatic rings. The molecule has 0 radical (unpaired) electrons. The van der Waals surface area contributed by atoms with Gasteiger partial charge in [0, 0.05) is 35.3 Å². The minimum Gasteiger partial charge on any atom is -0.479 e. The van der Waals surface area contributed by atoms with Crippen LogP contribution in [-0.4, -0.2) is 22.8 Å². The lowest BCUT2D eigenvalue weighted by Crippen LogP contribution is -2.34. The lowest BCUT2D eigenvalue weighted by molar-refractivity contribution is -0.139. The number of carboxylic acids is 1. The van der Waals surface area contributed by atoms with E-state index in [1.165, 1.54) is 0 Å². The Bertz CT molecular complexity index is 1230. The van der Waals surface area contributed by atoms with Crippen LogP contribution >= 0.6 is 0 Å². The van der Waals surface area contributed by atoms with Gasteiger partial charge >= 0.3 is 5.97 Å². The number of hydrogen-bond donors (Lipinski definition) is 3. The van der Waals surface area contributed by atoms with Gasteiger partial charge in [-0.3, -0.25) is 9.59 Å². The Labute approximate surface area is 172 Å². The van der Waals surface area contributed by atoms with Crippen LogP contribution in [0.2, 0.25) is 0 Å². The summed E-state index contributed by atoms with van der Waals surface area (Å²) in [6.45, 7) is 1.43. The summed E-state index contributed by atoms with van der Waals surface area (Å²) >= 11 is 0. The fourth-order valence-electron chi connectivity index (χ4n) is 4.26. The first-order valence-electron chi connectivity index (χ1n) is 9.68. The molecule has 0 aromatic heterocycles. The van der Waals surface area contributed by atoms with E-state index in [1.807, 2.05) is 18.2 Å². The molecule has 1 amide bonds. The first kappa shape index (κ1) is 18.3. The van der Waals surface area contributed by atoms with Crippen molar-refractivity contribution in [2.24, 2.45) is 0 Å². The van der Waals surface area contributed by atoms with Crippen molar-refractivity contribution < 1.29 is 19.5 Å². The summed E-state index contributed by atoms with van der Waals surface area (Å²) in [5, 5.41) is 15.6. The monoisotopic (exact) mass is 398 g/mol. The molecule has 1 atom stereocenters. The van der Waals surface area contributed by atoms with Crippen LogP contribution in [0.25, 0.3) is 11.1 Å². The maximum absolute atomic E-state index is 13.1. The molecule has 1 aliphatic heterocycles.